The van der Waals surface area contributed by atoms with Crippen LogP contribution < -0.4 is 5.32 Å². The third kappa shape index (κ3) is 5.34. The van der Waals surface area contributed by atoms with Gasteiger partial charge < -0.3 is 18.9 Å². The number of hydrogen-bond donors (Lipinski definition) is 1. The van der Waals surface area contributed by atoms with Gasteiger partial charge in [-0.1, -0.05) is 0 Å². The number of rotatable bonds is 5. The van der Waals surface area contributed by atoms with Crippen LogP contribution >= 0.6 is 11.6 Å². The molecule has 9 nitrogen and oxygen atoms in total. The second-order valence-electron chi connectivity index (χ2n) is 5.25. The van der Waals surface area contributed by atoms with E-state index in [2.05, 4.69) is 5.32 Å². The van der Waals surface area contributed by atoms with Crippen molar-refractivity contribution in [1.29, 1.82) is 0 Å². The highest BCUT2D eigenvalue weighted by molar-refractivity contribution is 6.27. The summed E-state index contributed by atoms with van der Waals surface area (Å²) in [5.74, 6) is -5.22. The Labute approximate surface area is 143 Å². The molecule has 1 fully saturated rings. The van der Waals surface area contributed by atoms with Gasteiger partial charge in [0.15, 0.2) is 6.10 Å². The summed E-state index contributed by atoms with van der Waals surface area (Å²) in [6, 6.07) is 0. The van der Waals surface area contributed by atoms with Crippen molar-refractivity contribution in [2.45, 2.75) is 58.3 Å². The van der Waals surface area contributed by atoms with Crippen LogP contribution in [0.3, 0.4) is 0 Å². The van der Waals surface area contributed by atoms with Crippen molar-refractivity contribution >= 4 is 35.4 Å². The Morgan fingerprint density at radius 1 is 1.12 bits per heavy atom. The number of alkyl halides is 1. The Morgan fingerprint density at radius 2 is 1.71 bits per heavy atom. The average molecular weight is 366 g/mol. The maximum Gasteiger partial charge on any atom is 0.336 e. The summed E-state index contributed by atoms with van der Waals surface area (Å²) >= 11 is 5.47. The highest BCUT2D eigenvalue weighted by Gasteiger charge is 2.55. The van der Waals surface area contributed by atoms with E-state index in [1.54, 1.807) is 6.92 Å². The van der Waals surface area contributed by atoms with Crippen LogP contribution in [0.25, 0.3) is 0 Å². The van der Waals surface area contributed by atoms with Crippen LogP contribution in [0.2, 0.25) is 0 Å². The molecule has 0 bridgehead atoms. The van der Waals surface area contributed by atoms with Crippen LogP contribution in [0.1, 0.15) is 34.1 Å². The van der Waals surface area contributed by atoms with Crippen molar-refractivity contribution in [3.63, 3.8) is 0 Å². The van der Waals surface area contributed by atoms with Crippen molar-refractivity contribution in [2.75, 3.05) is 5.88 Å². The largest absolute Gasteiger partial charge is 0.460 e. The zero-order valence-electron chi connectivity index (χ0n) is 13.8. The van der Waals surface area contributed by atoms with E-state index < -0.39 is 53.9 Å². The summed E-state index contributed by atoms with van der Waals surface area (Å²) in [6.07, 6.45) is -2.79. The van der Waals surface area contributed by atoms with Crippen molar-refractivity contribution in [3.05, 3.63) is 0 Å². The molecule has 1 N–H and O–H groups in total. The molecular formula is C14H20ClNO8. The predicted octanol–water partition coefficient (Wildman–Crippen LogP) is 0.230. The SMILES string of the molecule is CC(=O)O[C@H]1C[C@H](OC(C)=O)[C@@](NC(=O)CCl)(OC(C)=O)O[C@@H]1C. The van der Waals surface area contributed by atoms with Crippen LogP contribution in [0.15, 0.2) is 0 Å². The number of amides is 1. The minimum absolute atomic E-state index is 0.0455. The average Bonchev–Trinajstić information content (AvgIpc) is 2.42. The fourth-order valence-electron chi connectivity index (χ4n) is 2.34. The smallest absolute Gasteiger partial charge is 0.336 e. The van der Waals surface area contributed by atoms with Gasteiger partial charge in [0.25, 0.3) is 0 Å². The Balaban J connectivity index is 3.18. The van der Waals surface area contributed by atoms with Gasteiger partial charge in [-0.3, -0.25) is 24.5 Å². The predicted molar refractivity (Wildman–Crippen MR) is 79.6 cm³/mol. The molecule has 0 radical (unpaired) electrons. The van der Waals surface area contributed by atoms with Crippen LogP contribution in [-0.2, 0) is 38.1 Å². The van der Waals surface area contributed by atoms with Crippen molar-refractivity contribution in [2.24, 2.45) is 0 Å². The lowest BCUT2D eigenvalue weighted by Gasteiger charge is -2.46. The molecular weight excluding hydrogens is 346 g/mol. The molecule has 1 heterocycles. The van der Waals surface area contributed by atoms with Crippen molar-refractivity contribution in [3.8, 4) is 0 Å². The van der Waals surface area contributed by atoms with E-state index >= 15 is 0 Å². The van der Waals surface area contributed by atoms with Gasteiger partial charge in [-0.15, -0.1) is 11.6 Å². The van der Waals surface area contributed by atoms with E-state index in [4.69, 9.17) is 30.5 Å². The van der Waals surface area contributed by atoms with E-state index in [-0.39, 0.29) is 6.42 Å². The van der Waals surface area contributed by atoms with Gasteiger partial charge in [-0.2, -0.15) is 0 Å². The number of esters is 3. The standard InChI is InChI=1S/C14H20ClNO8/c1-7-11(21-8(2)17)5-12(22-9(3)18)14(23-7,24-10(4)19)16-13(20)6-15/h7,11-12H,5-6H2,1-4H3,(H,16,20)/t7-,11+,12+,14+/m1/s1. The highest BCUT2D eigenvalue weighted by Crippen LogP contribution is 2.33. The number of hydrogen-bond acceptors (Lipinski definition) is 8. The second kappa shape index (κ2) is 8.29. The highest BCUT2D eigenvalue weighted by atomic mass is 35.5. The van der Waals surface area contributed by atoms with Gasteiger partial charge in [0.2, 0.25) is 5.91 Å². The molecule has 1 rings (SSSR count). The number of nitrogens with one attached hydrogen (secondary N) is 1. The number of halogens is 1. The van der Waals surface area contributed by atoms with Gasteiger partial charge >= 0.3 is 23.8 Å². The van der Waals surface area contributed by atoms with E-state index in [1.807, 2.05) is 0 Å². The summed E-state index contributed by atoms with van der Waals surface area (Å²) in [4.78, 5) is 45.8. The van der Waals surface area contributed by atoms with E-state index in [9.17, 15) is 19.2 Å². The molecule has 1 saturated heterocycles. The van der Waals surface area contributed by atoms with Gasteiger partial charge in [-0.05, 0) is 6.92 Å². The first kappa shape index (κ1) is 20.2. The summed E-state index contributed by atoms with van der Waals surface area (Å²) in [5.41, 5.74) is 0. The molecule has 10 heteroatoms. The third-order valence-electron chi connectivity index (χ3n) is 3.11. The van der Waals surface area contributed by atoms with Gasteiger partial charge in [0, 0.05) is 27.2 Å². The summed E-state index contributed by atoms with van der Waals surface area (Å²) in [5, 5.41) is 2.32. The normalized spacial score (nSPS) is 29.3. The van der Waals surface area contributed by atoms with Crippen LogP contribution in [0, 0.1) is 0 Å². The van der Waals surface area contributed by atoms with E-state index in [0.717, 1.165) is 13.8 Å². The van der Waals surface area contributed by atoms with Crippen LogP contribution in [0.5, 0.6) is 0 Å². The Morgan fingerprint density at radius 3 is 2.17 bits per heavy atom. The number of carbonyl (C=O) groups is 4. The van der Waals surface area contributed by atoms with E-state index in [0.29, 0.717) is 0 Å². The maximum absolute atomic E-state index is 11.7. The first-order valence-corrected chi connectivity index (χ1v) is 7.72. The molecule has 4 atom stereocenters. The summed E-state index contributed by atoms with van der Waals surface area (Å²) in [6.45, 7) is 5.02. The molecule has 0 saturated carbocycles. The Bertz CT molecular complexity index is 525. The number of ether oxygens (including phenoxy) is 4. The maximum atomic E-state index is 11.7. The molecule has 24 heavy (non-hydrogen) atoms. The van der Waals surface area contributed by atoms with Crippen molar-refractivity contribution < 1.29 is 38.1 Å². The zero-order valence-corrected chi connectivity index (χ0v) is 14.5. The monoisotopic (exact) mass is 365 g/mol. The first-order valence-electron chi connectivity index (χ1n) is 7.18. The lowest BCUT2D eigenvalue weighted by Crippen LogP contribution is -2.68. The second-order valence-corrected chi connectivity index (χ2v) is 5.51. The fourth-order valence-corrected chi connectivity index (χ4v) is 2.40. The fraction of sp³-hybridized carbons (Fsp3) is 0.714. The molecule has 1 amide bonds. The molecule has 0 spiro atoms. The minimum atomic E-state index is -2.06. The molecule has 0 unspecified atom stereocenters. The quantitative estimate of drug-likeness (QED) is 0.318. The molecule has 1 aliphatic heterocycles. The van der Waals surface area contributed by atoms with E-state index in [1.165, 1.54) is 6.92 Å². The summed E-state index contributed by atoms with van der Waals surface area (Å²) < 4.78 is 20.9. The first-order chi connectivity index (χ1) is 11.1. The van der Waals surface area contributed by atoms with Gasteiger partial charge in [-0.25, -0.2) is 0 Å². The molecule has 0 aliphatic carbocycles. The molecule has 0 aromatic carbocycles. The molecule has 0 aromatic rings. The van der Waals surface area contributed by atoms with Gasteiger partial charge in [0.05, 0.1) is 6.10 Å². The zero-order chi connectivity index (χ0) is 18.5. The molecule has 136 valence electrons. The van der Waals surface area contributed by atoms with Crippen molar-refractivity contribution in [1.82, 2.24) is 5.32 Å². The molecule has 0 aromatic heterocycles. The Hall–Kier alpha value is -1.87. The topological polar surface area (TPSA) is 117 Å². The lowest BCUT2D eigenvalue weighted by molar-refractivity contribution is -0.333. The third-order valence-corrected chi connectivity index (χ3v) is 3.35. The lowest BCUT2D eigenvalue weighted by atomic mass is 9.99. The van der Waals surface area contributed by atoms with Gasteiger partial charge in [0.1, 0.15) is 12.0 Å². The van der Waals surface area contributed by atoms with Crippen LogP contribution in [0.4, 0.5) is 0 Å². The summed E-state index contributed by atoms with van der Waals surface area (Å²) in [7, 11) is 0. The minimum Gasteiger partial charge on any atom is -0.460 e. The molecule has 1 aliphatic rings. The van der Waals surface area contributed by atoms with Crippen LogP contribution in [-0.4, -0.2) is 53.9 Å². The Kier molecular flexibility index (Phi) is 6.97. The number of carbonyl (C=O) groups excluding carboxylic acids is 4.